The van der Waals surface area contributed by atoms with Gasteiger partial charge in [0.2, 0.25) is 5.91 Å². The van der Waals surface area contributed by atoms with Gasteiger partial charge in [0.1, 0.15) is 0 Å². The Balaban J connectivity index is 1.23. The molecule has 2 aliphatic rings. The number of hydrogen-bond acceptors (Lipinski definition) is 4. The SMILES string of the molecule is CC1CCc2nc(NC(=O)CN3CCC(Cc4ccccc4)CC3)sc2C1. The van der Waals surface area contributed by atoms with Crippen LogP contribution in [-0.2, 0) is 24.1 Å². The fourth-order valence-corrected chi connectivity index (χ4v) is 5.44. The zero-order chi connectivity index (χ0) is 18.6. The van der Waals surface area contributed by atoms with Crippen LogP contribution in [0.15, 0.2) is 30.3 Å². The Labute approximate surface area is 166 Å². The predicted octanol–water partition coefficient (Wildman–Crippen LogP) is 4.16. The normalized spacial score (nSPS) is 21.0. The van der Waals surface area contributed by atoms with Crippen molar-refractivity contribution in [1.82, 2.24) is 9.88 Å². The number of aromatic nitrogens is 1. The summed E-state index contributed by atoms with van der Waals surface area (Å²) in [6.45, 7) is 4.80. The number of nitrogens with one attached hydrogen (secondary N) is 1. The highest BCUT2D eigenvalue weighted by Gasteiger charge is 2.23. The van der Waals surface area contributed by atoms with E-state index in [0.717, 1.165) is 49.3 Å². The third-order valence-corrected chi connectivity index (χ3v) is 6.91. The van der Waals surface area contributed by atoms with Gasteiger partial charge in [0.15, 0.2) is 5.13 Å². The molecule has 1 aliphatic heterocycles. The fourth-order valence-electron chi connectivity index (χ4n) is 4.25. The van der Waals surface area contributed by atoms with E-state index in [9.17, 15) is 4.79 Å². The van der Waals surface area contributed by atoms with Crippen LogP contribution < -0.4 is 5.32 Å². The summed E-state index contributed by atoms with van der Waals surface area (Å²) in [5, 5.41) is 3.83. The Morgan fingerprint density at radius 1 is 1.22 bits per heavy atom. The summed E-state index contributed by atoms with van der Waals surface area (Å²) in [6.07, 6.45) is 6.87. The number of nitrogens with zero attached hydrogens (tertiary/aromatic N) is 2. The van der Waals surface area contributed by atoms with Gasteiger partial charge in [0.05, 0.1) is 12.2 Å². The lowest BCUT2D eigenvalue weighted by atomic mass is 9.90. The largest absolute Gasteiger partial charge is 0.301 e. The summed E-state index contributed by atoms with van der Waals surface area (Å²) in [4.78, 5) is 20.7. The highest BCUT2D eigenvalue weighted by atomic mass is 32.1. The second kappa shape index (κ2) is 8.53. The third kappa shape index (κ3) is 4.96. The van der Waals surface area contributed by atoms with Gasteiger partial charge in [-0.15, -0.1) is 11.3 Å². The molecule has 2 heterocycles. The lowest BCUT2D eigenvalue weighted by Gasteiger charge is -2.31. The minimum Gasteiger partial charge on any atom is -0.301 e. The highest BCUT2D eigenvalue weighted by molar-refractivity contribution is 7.15. The van der Waals surface area contributed by atoms with E-state index in [0.29, 0.717) is 6.54 Å². The third-order valence-electron chi connectivity index (χ3n) is 5.87. The van der Waals surface area contributed by atoms with Crippen molar-refractivity contribution in [2.24, 2.45) is 11.8 Å². The van der Waals surface area contributed by atoms with Crippen molar-refractivity contribution in [3.63, 3.8) is 0 Å². The van der Waals surface area contributed by atoms with Crippen molar-refractivity contribution < 1.29 is 4.79 Å². The minimum atomic E-state index is 0.0793. The van der Waals surface area contributed by atoms with Crippen LogP contribution in [0.5, 0.6) is 0 Å². The van der Waals surface area contributed by atoms with Crippen molar-refractivity contribution >= 4 is 22.4 Å². The zero-order valence-electron chi connectivity index (χ0n) is 16.1. The number of benzene rings is 1. The second-order valence-corrected chi connectivity index (χ2v) is 9.28. The lowest BCUT2D eigenvalue weighted by Crippen LogP contribution is -2.39. The molecule has 2 aromatic rings. The summed E-state index contributed by atoms with van der Waals surface area (Å²) in [5.74, 6) is 1.55. The number of hydrogen-bond donors (Lipinski definition) is 1. The Morgan fingerprint density at radius 2 is 2.00 bits per heavy atom. The van der Waals surface area contributed by atoms with E-state index in [-0.39, 0.29) is 5.91 Å². The van der Waals surface area contributed by atoms with E-state index in [4.69, 9.17) is 0 Å². The zero-order valence-corrected chi connectivity index (χ0v) is 16.9. The molecule has 144 valence electrons. The topological polar surface area (TPSA) is 45.2 Å². The number of aryl methyl sites for hydroxylation is 1. The lowest BCUT2D eigenvalue weighted by molar-refractivity contribution is -0.117. The van der Waals surface area contributed by atoms with Crippen LogP contribution in [0.3, 0.4) is 0 Å². The number of rotatable bonds is 5. The molecule has 1 fully saturated rings. The maximum absolute atomic E-state index is 12.4. The maximum atomic E-state index is 12.4. The first-order chi connectivity index (χ1) is 13.2. The summed E-state index contributed by atoms with van der Waals surface area (Å²) in [6, 6.07) is 10.7. The van der Waals surface area contributed by atoms with Crippen molar-refractivity contribution in [2.45, 2.75) is 45.4 Å². The molecule has 1 aromatic carbocycles. The molecule has 4 rings (SSSR count). The first-order valence-corrected chi connectivity index (χ1v) is 11.0. The molecule has 1 aromatic heterocycles. The average Bonchev–Trinajstić information content (AvgIpc) is 3.05. The second-order valence-electron chi connectivity index (χ2n) is 8.19. The summed E-state index contributed by atoms with van der Waals surface area (Å²) < 4.78 is 0. The van der Waals surface area contributed by atoms with E-state index < -0.39 is 0 Å². The number of thiazole rings is 1. The molecule has 5 heteroatoms. The molecule has 27 heavy (non-hydrogen) atoms. The summed E-state index contributed by atoms with van der Waals surface area (Å²) in [5.41, 5.74) is 2.63. The molecule has 1 unspecified atom stereocenters. The number of amides is 1. The van der Waals surface area contributed by atoms with E-state index in [1.54, 1.807) is 11.3 Å². The van der Waals surface area contributed by atoms with E-state index in [1.807, 2.05) is 0 Å². The van der Waals surface area contributed by atoms with Crippen molar-refractivity contribution in [1.29, 1.82) is 0 Å². The molecule has 0 radical (unpaired) electrons. The summed E-state index contributed by atoms with van der Waals surface area (Å²) in [7, 11) is 0. The van der Waals surface area contributed by atoms with E-state index >= 15 is 0 Å². The number of fused-ring (bicyclic) bond motifs is 1. The average molecular weight is 384 g/mol. The van der Waals surface area contributed by atoms with Crippen LogP contribution in [0.4, 0.5) is 5.13 Å². The van der Waals surface area contributed by atoms with Gasteiger partial charge in [-0.3, -0.25) is 9.69 Å². The van der Waals surface area contributed by atoms with Gasteiger partial charge in [-0.1, -0.05) is 37.3 Å². The molecule has 1 aliphatic carbocycles. The molecule has 0 saturated carbocycles. The van der Waals surface area contributed by atoms with Gasteiger partial charge in [0.25, 0.3) is 0 Å². The van der Waals surface area contributed by atoms with Crippen molar-refractivity contribution in [2.75, 3.05) is 25.0 Å². The number of carbonyl (C=O) groups excluding carboxylic acids is 1. The molecular formula is C22H29N3OS. The van der Waals surface area contributed by atoms with Crippen LogP contribution >= 0.6 is 11.3 Å². The van der Waals surface area contributed by atoms with E-state index in [1.165, 1.54) is 35.4 Å². The molecule has 0 bridgehead atoms. The Bertz CT molecular complexity index is 765. The van der Waals surface area contributed by atoms with Gasteiger partial charge in [-0.05, 0) is 69.0 Å². The predicted molar refractivity (Wildman–Crippen MR) is 111 cm³/mol. The van der Waals surface area contributed by atoms with E-state index in [2.05, 4.69) is 52.5 Å². The van der Waals surface area contributed by atoms with Gasteiger partial charge in [0, 0.05) is 4.88 Å². The van der Waals surface area contributed by atoms with Crippen LogP contribution in [-0.4, -0.2) is 35.4 Å². The van der Waals surface area contributed by atoms with Gasteiger partial charge >= 0.3 is 0 Å². The Morgan fingerprint density at radius 3 is 2.78 bits per heavy atom. The van der Waals surface area contributed by atoms with Gasteiger partial charge in [-0.2, -0.15) is 0 Å². The van der Waals surface area contributed by atoms with Crippen LogP contribution in [0.1, 0.15) is 42.3 Å². The Kier molecular flexibility index (Phi) is 5.89. The molecule has 0 spiro atoms. The van der Waals surface area contributed by atoms with Gasteiger partial charge < -0.3 is 5.32 Å². The monoisotopic (exact) mass is 383 g/mol. The number of carbonyl (C=O) groups is 1. The quantitative estimate of drug-likeness (QED) is 0.843. The highest BCUT2D eigenvalue weighted by Crippen LogP contribution is 2.32. The number of likely N-dealkylation sites (tertiary alicyclic amines) is 1. The van der Waals surface area contributed by atoms with Gasteiger partial charge in [-0.25, -0.2) is 4.98 Å². The Hall–Kier alpha value is -1.72. The minimum absolute atomic E-state index is 0.0793. The molecular weight excluding hydrogens is 354 g/mol. The molecule has 1 saturated heterocycles. The van der Waals surface area contributed by atoms with Crippen LogP contribution in [0, 0.1) is 11.8 Å². The maximum Gasteiger partial charge on any atom is 0.240 e. The standard InChI is InChI=1S/C22H29N3OS/c1-16-7-8-19-20(13-16)27-22(23-19)24-21(26)15-25-11-9-18(10-12-25)14-17-5-3-2-4-6-17/h2-6,16,18H,7-15H2,1H3,(H,23,24,26). The fraction of sp³-hybridized carbons (Fsp3) is 0.545. The smallest absolute Gasteiger partial charge is 0.240 e. The molecule has 4 nitrogen and oxygen atoms in total. The van der Waals surface area contributed by atoms with Crippen molar-refractivity contribution in [3.05, 3.63) is 46.5 Å². The molecule has 1 atom stereocenters. The summed E-state index contributed by atoms with van der Waals surface area (Å²) >= 11 is 1.67. The number of anilines is 1. The van der Waals surface area contributed by atoms with Crippen molar-refractivity contribution in [3.8, 4) is 0 Å². The number of piperidine rings is 1. The molecule has 1 N–H and O–H groups in total. The van der Waals surface area contributed by atoms with Crippen LogP contribution in [0.2, 0.25) is 0 Å². The first-order valence-electron chi connectivity index (χ1n) is 10.2. The van der Waals surface area contributed by atoms with Crippen LogP contribution in [0.25, 0.3) is 0 Å². The first kappa shape index (κ1) is 18.6. The molecule has 1 amide bonds.